The fraction of sp³-hybridized carbons (Fsp3) is 0.733. The topological polar surface area (TPSA) is 119 Å². The average molecular weight is 1240 g/mol. The first-order valence-electron chi connectivity index (χ1n) is 13.4. The fourth-order valence-corrected chi connectivity index (χ4v) is 3.87. The molecule has 2 heterocycles. The number of unbranched alkanes of at least 4 members (excludes halogenated alkanes) is 6. The standard InChI is InChI=1S/C10H18Cl2N2.C10H17Cl2N2.C2H4O2.2C2H3O.CH2Cl2.3CH4.3Ag.HI.2O/c2*1-3-4-5-6-7-14-8-13(2)9(11)10(14)12;1-2(3)4;2*1-2-3;2-1-3;;;;;;;;;/h3-8H2,1-2H3;8H,3-7H2,1-2H3;1H3,(H,3,4);2*1H3;1H2;3*1H4;;;;1H;;/q;-1;;2*-1;;;;;;;+1;;;/p-1. The molecule has 10 nitrogen and oxygen atoms in total. The normalized spacial score (nSPS) is 11.2. The van der Waals surface area contributed by atoms with Gasteiger partial charge in [0.25, 0.3) is 5.97 Å². The molecule has 0 aromatic rings. The van der Waals surface area contributed by atoms with Gasteiger partial charge in [0.15, 0.2) is 0 Å². The number of carboxylic acid groups (broad SMARTS) is 1. The van der Waals surface area contributed by atoms with Crippen LogP contribution in [0.4, 0.5) is 0 Å². The molecule has 0 saturated heterocycles. The molecule has 0 spiro atoms. The second-order valence-electron chi connectivity index (χ2n) is 8.34. The van der Waals surface area contributed by atoms with E-state index in [2.05, 4.69) is 18.7 Å². The van der Waals surface area contributed by atoms with Crippen molar-refractivity contribution >= 4 is 88.1 Å². The van der Waals surface area contributed by atoms with Crippen LogP contribution in [0.2, 0.25) is 0 Å². The van der Waals surface area contributed by atoms with E-state index in [-0.39, 0.29) is 74.0 Å². The second-order valence-corrected chi connectivity index (χ2v) is 10.6. The van der Waals surface area contributed by atoms with Crippen LogP contribution in [-0.2, 0) is 85.3 Å². The molecule has 2 aliphatic rings. The molecule has 0 atom stereocenters. The van der Waals surface area contributed by atoms with Crippen LogP contribution in [0.3, 0.4) is 0 Å². The van der Waals surface area contributed by atoms with Crippen LogP contribution >= 0.6 is 69.6 Å². The molecule has 0 aromatic heterocycles. The van der Waals surface area contributed by atoms with Gasteiger partial charge < -0.3 is 58.3 Å². The number of hydrogen-bond donors (Lipinski definition) is 1. The summed E-state index contributed by atoms with van der Waals surface area (Å²) in [6.45, 7) is 12.9. The minimum atomic E-state index is -0.833. The first-order valence-corrected chi connectivity index (χ1v) is 17.1. The molecule has 0 amide bonds. The van der Waals surface area contributed by atoms with Crippen molar-refractivity contribution < 1.29 is 114 Å². The Bertz CT molecular complexity index is 733. The number of carboxylic acids is 1. The number of halogens is 7. The molecule has 20 heteroatoms. The SMILES string of the molecule is C.C.C.CC(=O)O.CCCCCCN1CN(C)C(Cl)=C1Cl.CCCCCCN1[CH-]N(C)C(Cl)=C1Cl.C[C-]=O.C[C-]=O.ClCCl.[Ag+].[I-].[O]=[Ag].[O]=[Ag]. The Morgan fingerprint density at radius 3 is 1.32 bits per heavy atom. The van der Waals surface area contributed by atoms with Crippen molar-refractivity contribution in [1.82, 2.24) is 19.6 Å². The molecule has 0 unspecified atom stereocenters. The summed E-state index contributed by atoms with van der Waals surface area (Å²) < 4.78 is 16.1. The summed E-state index contributed by atoms with van der Waals surface area (Å²) in [7, 11) is 3.85. The van der Waals surface area contributed by atoms with Crippen molar-refractivity contribution in [3.8, 4) is 0 Å². The Morgan fingerprint density at radius 2 is 1.08 bits per heavy atom. The number of carbonyl (C=O) groups excluding carboxylic acids is 2. The molecule has 50 heavy (non-hydrogen) atoms. The summed E-state index contributed by atoms with van der Waals surface area (Å²) in [5, 5.41) is 10.2. The first kappa shape index (κ1) is 80.3. The summed E-state index contributed by atoms with van der Waals surface area (Å²) in [5.74, 6) is -0.833. The van der Waals surface area contributed by atoms with Crippen LogP contribution in [0.1, 0.15) is 108 Å². The van der Waals surface area contributed by atoms with Crippen molar-refractivity contribution in [2.24, 2.45) is 0 Å². The quantitative estimate of drug-likeness (QED) is 0.0596. The third kappa shape index (κ3) is 56.5. The second kappa shape index (κ2) is 65.7. The Labute approximate surface area is 392 Å². The van der Waals surface area contributed by atoms with Crippen LogP contribution in [0, 0.1) is 6.67 Å². The van der Waals surface area contributed by atoms with Crippen molar-refractivity contribution in [1.29, 1.82) is 0 Å². The van der Waals surface area contributed by atoms with Crippen molar-refractivity contribution in [3.05, 3.63) is 27.3 Å². The van der Waals surface area contributed by atoms with Crippen molar-refractivity contribution in [2.45, 2.75) is 108 Å². The molecule has 320 valence electrons. The van der Waals surface area contributed by atoms with Gasteiger partial charge in [0, 0.05) is 20.5 Å². The maximum absolute atomic E-state index is 9.00. The summed E-state index contributed by atoms with van der Waals surface area (Å²) in [4.78, 5) is 34.3. The summed E-state index contributed by atoms with van der Waals surface area (Å²) in [6, 6.07) is 0. The number of carbonyl (C=O) groups is 1. The van der Waals surface area contributed by atoms with Crippen LogP contribution in [0.25, 0.3) is 0 Å². The van der Waals surface area contributed by atoms with Gasteiger partial charge in [0.05, 0.1) is 12.0 Å². The van der Waals surface area contributed by atoms with Gasteiger partial charge in [-0.2, -0.15) is 20.5 Å². The van der Waals surface area contributed by atoms with Gasteiger partial charge in [-0.15, -0.1) is 23.2 Å². The van der Waals surface area contributed by atoms with Crippen LogP contribution in [0.15, 0.2) is 20.6 Å². The van der Waals surface area contributed by atoms with E-state index in [1.54, 1.807) is 42.1 Å². The maximum atomic E-state index is 9.00. The van der Waals surface area contributed by atoms with E-state index < -0.39 is 5.97 Å². The molecule has 0 bridgehead atoms. The molecule has 2 aliphatic heterocycles. The minimum absolute atomic E-state index is 0. The molecule has 0 radical (unpaired) electrons. The molecule has 2 rings (SSSR count). The zero-order chi connectivity index (χ0) is 36.8. The van der Waals surface area contributed by atoms with Crippen molar-refractivity contribution in [2.75, 3.05) is 39.2 Å². The number of hydrogen-bond acceptors (Lipinski definition) is 9. The van der Waals surface area contributed by atoms with Gasteiger partial charge in [-0.25, -0.2) is 0 Å². The molecule has 0 aliphatic carbocycles. The van der Waals surface area contributed by atoms with Crippen LogP contribution < -0.4 is 24.0 Å². The molecule has 0 fully saturated rings. The third-order valence-corrected chi connectivity index (χ3v) is 6.67. The van der Waals surface area contributed by atoms with E-state index in [9.17, 15) is 0 Å². The van der Waals surface area contributed by atoms with Crippen molar-refractivity contribution in [3.63, 3.8) is 0 Å². The van der Waals surface area contributed by atoms with Gasteiger partial charge in [0.1, 0.15) is 20.6 Å². The summed E-state index contributed by atoms with van der Waals surface area (Å²) >= 11 is 37.0. The predicted molar refractivity (Wildman–Crippen MR) is 198 cm³/mol. The Balaban J connectivity index is -0.0000000439. The Hall–Kier alpha value is 1.78. The van der Waals surface area contributed by atoms with Crippen LogP contribution in [0.5, 0.6) is 0 Å². The van der Waals surface area contributed by atoms with E-state index >= 15 is 0 Å². The molecule has 1 N–H and O–H groups in total. The molecule has 0 aromatic carbocycles. The number of aliphatic carboxylic acids is 1. The van der Waals surface area contributed by atoms with E-state index in [1.165, 1.54) is 77.8 Å². The van der Waals surface area contributed by atoms with E-state index in [1.807, 2.05) is 35.5 Å². The first-order chi connectivity index (χ1) is 21.3. The van der Waals surface area contributed by atoms with Gasteiger partial charge in [-0.05, 0) is 26.4 Å². The summed E-state index contributed by atoms with van der Waals surface area (Å²) in [6.07, 6.45) is 13.0. The number of rotatable bonds is 10. The molecule has 0 saturated carbocycles. The van der Waals surface area contributed by atoms with Gasteiger partial charge in [0.2, 0.25) is 0 Å². The van der Waals surface area contributed by atoms with E-state index in [4.69, 9.17) is 95.6 Å². The zero-order valence-electron chi connectivity index (χ0n) is 27.4. The van der Waals surface area contributed by atoms with E-state index in [0.29, 0.717) is 20.6 Å². The van der Waals surface area contributed by atoms with Gasteiger partial charge in [-0.1, -0.05) is 121 Å². The zero-order valence-corrected chi connectivity index (χ0v) is 38.5. The Kier molecular flexibility index (Phi) is 105. The van der Waals surface area contributed by atoms with E-state index in [0.717, 1.165) is 26.7 Å². The molecular weight excluding hydrogens is 1180 g/mol. The average Bonchev–Trinajstić information content (AvgIpc) is 3.40. The third-order valence-electron chi connectivity index (χ3n) is 4.74. The monoisotopic (exact) mass is 1230 g/mol. The Morgan fingerprint density at radius 1 is 0.760 bits per heavy atom. The summed E-state index contributed by atoms with van der Waals surface area (Å²) in [5.41, 5.74) is 0. The van der Waals surface area contributed by atoms with Gasteiger partial charge in [-0.3, -0.25) is 17.4 Å². The predicted octanol–water partition coefficient (Wildman–Crippen LogP) is 7.32. The number of alkyl halides is 2. The molecular formula is C30H59Ag3Cl6IN4O6-3. The fourth-order valence-electron chi connectivity index (χ4n) is 3.01. The van der Waals surface area contributed by atoms with Gasteiger partial charge >= 0.3 is 71.0 Å². The number of nitrogens with zero attached hydrogens (tertiary/aromatic N) is 4. The van der Waals surface area contributed by atoms with Crippen LogP contribution in [-0.4, -0.2) is 82.4 Å².